The summed E-state index contributed by atoms with van der Waals surface area (Å²) < 4.78 is 2.66. The average Bonchev–Trinajstić information content (AvgIpc) is 2.86. The quantitative estimate of drug-likeness (QED) is 0.403. The third-order valence-corrected chi connectivity index (χ3v) is 4.70. The molecule has 114 valence electrons. The van der Waals surface area contributed by atoms with Crippen LogP contribution < -0.4 is 0 Å². The zero-order valence-electron chi connectivity index (χ0n) is 13.3. The van der Waals surface area contributed by atoms with Crippen LogP contribution >= 0.6 is 22.6 Å². The maximum absolute atomic E-state index is 4.90. The summed E-state index contributed by atoms with van der Waals surface area (Å²) in [5.41, 5.74) is 5.08. The van der Waals surface area contributed by atoms with E-state index < -0.39 is 0 Å². The van der Waals surface area contributed by atoms with E-state index in [2.05, 4.69) is 96.6 Å². The number of aromatic nitrogens is 2. The molecule has 0 aliphatic rings. The lowest BCUT2D eigenvalue weighted by molar-refractivity contribution is 0.675. The Hall–Kier alpha value is -1.36. The zero-order valence-corrected chi connectivity index (χ0v) is 15.4. The largest absolute Gasteiger partial charge is 0.260 e. The number of fused-ring (bicyclic) bond motifs is 1. The van der Waals surface area contributed by atoms with Crippen molar-refractivity contribution in [3.05, 3.63) is 65.4 Å². The van der Waals surface area contributed by atoms with Crippen molar-refractivity contribution in [2.75, 3.05) is 0 Å². The van der Waals surface area contributed by atoms with Gasteiger partial charge >= 0.3 is 0 Å². The van der Waals surface area contributed by atoms with Crippen molar-refractivity contribution >= 4 is 33.5 Å². The Morgan fingerprint density at radius 1 is 1.05 bits per heavy atom. The Kier molecular flexibility index (Phi) is 4.52. The van der Waals surface area contributed by atoms with Crippen molar-refractivity contribution < 1.29 is 0 Å². The van der Waals surface area contributed by atoms with E-state index in [0.29, 0.717) is 9.84 Å². The molecule has 0 aliphatic heterocycles. The van der Waals surface area contributed by atoms with Crippen molar-refractivity contribution in [1.82, 2.24) is 9.78 Å². The Morgan fingerprint density at radius 3 is 2.41 bits per heavy atom. The minimum Gasteiger partial charge on any atom is -0.260 e. The van der Waals surface area contributed by atoms with E-state index in [1.54, 1.807) is 0 Å². The lowest BCUT2D eigenvalue weighted by Gasteiger charge is -2.07. The van der Waals surface area contributed by atoms with Gasteiger partial charge < -0.3 is 0 Å². The molecule has 0 radical (unpaired) electrons. The highest BCUT2D eigenvalue weighted by Crippen LogP contribution is 2.30. The van der Waals surface area contributed by atoms with Gasteiger partial charge in [-0.2, -0.15) is 5.10 Å². The van der Waals surface area contributed by atoms with Gasteiger partial charge in [0.1, 0.15) is 0 Å². The van der Waals surface area contributed by atoms with E-state index in [1.165, 1.54) is 27.7 Å². The highest BCUT2D eigenvalue weighted by atomic mass is 127. The molecule has 22 heavy (non-hydrogen) atoms. The fourth-order valence-corrected chi connectivity index (χ4v) is 3.15. The smallest absolute Gasteiger partial charge is 0.0728 e. The molecule has 1 aromatic heterocycles. The minimum atomic E-state index is 0.433. The van der Waals surface area contributed by atoms with Crippen molar-refractivity contribution in [1.29, 1.82) is 0 Å². The summed E-state index contributed by atoms with van der Waals surface area (Å²) in [5.74, 6) is 0.433. The summed E-state index contributed by atoms with van der Waals surface area (Å²) >= 11 is 2.47. The van der Waals surface area contributed by atoms with E-state index in [4.69, 9.17) is 5.10 Å². The van der Waals surface area contributed by atoms with Crippen LogP contribution in [0, 0.1) is 0 Å². The fraction of sp³-hybridized carbons (Fsp3) is 0.316. The first-order valence-corrected chi connectivity index (χ1v) is 8.99. The van der Waals surface area contributed by atoms with Crippen LogP contribution in [0.1, 0.15) is 47.4 Å². The molecule has 2 aromatic carbocycles. The second-order valence-electron chi connectivity index (χ2n) is 6.08. The molecule has 3 heteroatoms. The van der Waals surface area contributed by atoms with Crippen molar-refractivity contribution in [3.63, 3.8) is 0 Å². The summed E-state index contributed by atoms with van der Waals surface area (Å²) in [6.45, 7) is 7.47. The van der Waals surface area contributed by atoms with Gasteiger partial charge in [0.05, 0.1) is 17.8 Å². The predicted octanol–water partition coefficient (Wildman–Crippen LogP) is 5.70. The Morgan fingerprint density at radius 2 is 1.77 bits per heavy atom. The van der Waals surface area contributed by atoms with Gasteiger partial charge in [-0.3, -0.25) is 4.68 Å². The lowest BCUT2D eigenvalue weighted by atomic mass is 10.0. The molecular weight excluding hydrogens is 383 g/mol. The molecule has 0 spiro atoms. The van der Waals surface area contributed by atoms with Crippen LogP contribution in [0.3, 0.4) is 0 Å². The van der Waals surface area contributed by atoms with E-state index in [0.717, 1.165) is 6.54 Å². The van der Waals surface area contributed by atoms with Crippen molar-refractivity contribution in [2.45, 2.75) is 37.2 Å². The molecule has 3 aromatic rings. The minimum absolute atomic E-state index is 0.433. The van der Waals surface area contributed by atoms with Crippen LogP contribution in [0.15, 0.2) is 48.5 Å². The summed E-state index contributed by atoms with van der Waals surface area (Å²) in [6.07, 6.45) is 0. The highest BCUT2D eigenvalue weighted by molar-refractivity contribution is 14.1. The number of nitrogens with zero attached hydrogens (tertiary/aromatic N) is 2. The fourth-order valence-electron chi connectivity index (χ4n) is 2.77. The Bertz CT molecular complexity index is 773. The van der Waals surface area contributed by atoms with Crippen LogP contribution in [0.5, 0.6) is 0 Å². The molecule has 1 unspecified atom stereocenters. The number of hydrogen-bond acceptors (Lipinski definition) is 1. The summed E-state index contributed by atoms with van der Waals surface area (Å²) in [4.78, 5) is 0. The molecule has 0 aliphatic carbocycles. The summed E-state index contributed by atoms with van der Waals surface area (Å²) in [5, 5.41) is 6.18. The van der Waals surface area contributed by atoms with Gasteiger partial charge in [0.25, 0.3) is 0 Å². The summed E-state index contributed by atoms with van der Waals surface area (Å²) in [7, 11) is 0. The number of alkyl halides is 1. The molecule has 0 bridgehead atoms. The molecule has 3 rings (SSSR count). The first-order valence-electron chi connectivity index (χ1n) is 7.74. The van der Waals surface area contributed by atoms with E-state index >= 15 is 0 Å². The topological polar surface area (TPSA) is 17.8 Å². The van der Waals surface area contributed by atoms with E-state index in [9.17, 15) is 0 Å². The van der Waals surface area contributed by atoms with Crippen molar-refractivity contribution in [3.8, 4) is 0 Å². The van der Waals surface area contributed by atoms with Gasteiger partial charge in [-0.25, -0.2) is 0 Å². The molecule has 2 nitrogen and oxygen atoms in total. The molecular formula is C19H21IN2. The molecule has 0 saturated carbocycles. The van der Waals surface area contributed by atoms with Gasteiger partial charge in [0.2, 0.25) is 0 Å². The Balaban J connectivity index is 2.13. The molecule has 0 saturated heterocycles. The second kappa shape index (κ2) is 6.41. The highest BCUT2D eigenvalue weighted by Gasteiger charge is 2.15. The van der Waals surface area contributed by atoms with Gasteiger partial charge in [-0.15, -0.1) is 0 Å². The van der Waals surface area contributed by atoms with Gasteiger partial charge in [0, 0.05) is 9.31 Å². The molecule has 0 N–H and O–H groups in total. The van der Waals surface area contributed by atoms with E-state index in [1.807, 2.05) is 0 Å². The monoisotopic (exact) mass is 404 g/mol. The SMILES string of the molecule is CC(C)c1nn(Cc2ccccc2)c2cc(C(C)I)ccc12. The number of hydrogen-bond donors (Lipinski definition) is 0. The Labute approximate surface area is 145 Å². The van der Waals surface area contributed by atoms with Crippen LogP contribution in [-0.4, -0.2) is 9.78 Å². The third kappa shape index (κ3) is 3.05. The number of halogens is 1. The normalized spacial score (nSPS) is 13.0. The zero-order chi connectivity index (χ0) is 15.7. The molecule has 1 atom stereocenters. The lowest BCUT2D eigenvalue weighted by Crippen LogP contribution is -2.02. The number of rotatable bonds is 4. The maximum atomic E-state index is 4.90. The third-order valence-electron chi connectivity index (χ3n) is 3.99. The van der Waals surface area contributed by atoms with Gasteiger partial charge in [-0.1, -0.05) is 78.9 Å². The standard InChI is InChI=1S/C19H21IN2/c1-13(2)19-17-10-9-16(14(3)20)11-18(17)22(21-19)12-15-7-5-4-6-8-15/h4-11,13-14H,12H2,1-3H3. The molecule has 0 fully saturated rings. The van der Waals surface area contributed by atoms with E-state index in [-0.39, 0.29) is 0 Å². The molecule has 0 amide bonds. The first-order chi connectivity index (χ1) is 10.6. The van der Waals surface area contributed by atoms with Crippen LogP contribution in [0.2, 0.25) is 0 Å². The average molecular weight is 404 g/mol. The number of benzene rings is 2. The van der Waals surface area contributed by atoms with Gasteiger partial charge in [0.15, 0.2) is 0 Å². The predicted molar refractivity (Wildman–Crippen MR) is 102 cm³/mol. The van der Waals surface area contributed by atoms with Crippen LogP contribution in [0.4, 0.5) is 0 Å². The second-order valence-corrected chi connectivity index (χ2v) is 7.94. The molecule has 1 heterocycles. The first kappa shape index (κ1) is 15.5. The van der Waals surface area contributed by atoms with Gasteiger partial charge in [-0.05, 0) is 30.0 Å². The van der Waals surface area contributed by atoms with Crippen LogP contribution in [-0.2, 0) is 6.54 Å². The maximum Gasteiger partial charge on any atom is 0.0728 e. The van der Waals surface area contributed by atoms with Crippen LogP contribution in [0.25, 0.3) is 10.9 Å². The summed E-state index contributed by atoms with van der Waals surface area (Å²) in [6, 6.07) is 17.3. The van der Waals surface area contributed by atoms with Crippen molar-refractivity contribution in [2.24, 2.45) is 0 Å².